The van der Waals surface area contributed by atoms with Gasteiger partial charge in [-0.2, -0.15) is 5.10 Å². The molecule has 1 aliphatic rings. The van der Waals surface area contributed by atoms with Crippen molar-refractivity contribution in [1.82, 2.24) is 29.9 Å². The molecule has 3 heterocycles. The maximum absolute atomic E-state index is 12.5. The van der Waals surface area contributed by atoms with Gasteiger partial charge in [0.05, 0.1) is 24.8 Å². The number of aryl methyl sites for hydroxylation is 1. The van der Waals surface area contributed by atoms with Gasteiger partial charge < -0.3 is 9.88 Å². The van der Waals surface area contributed by atoms with Crippen LogP contribution >= 0.6 is 0 Å². The molecule has 0 spiro atoms. The van der Waals surface area contributed by atoms with Gasteiger partial charge in [0.25, 0.3) is 0 Å². The molecule has 8 nitrogen and oxygen atoms in total. The zero-order valence-corrected chi connectivity index (χ0v) is 15.2. The summed E-state index contributed by atoms with van der Waals surface area (Å²) < 4.78 is 4.01. The third-order valence-corrected chi connectivity index (χ3v) is 4.83. The summed E-state index contributed by atoms with van der Waals surface area (Å²) in [4.78, 5) is 12.5. The maximum Gasteiger partial charge on any atom is 0.242 e. The Kier molecular flexibility index (Phi) is 5.47. The number of nitrogens with zero attached hydrogens (tertiary/aromatic N) is 5. The second-order valence-electron chi connectivity index (χ2n) is 6.65. The Bertz CT molecular complexity index is 720. The van der Waals surface area contributed by atoms with Crippen molar-refractivity contribution in [3.05, 3.63) is 23.9 Å². The molecule has 1 aliphatic heterocycles. The standard InChI is InChI=1S/C17H27N7O/c1-4-12(2)24-14(8-9-19-24)20-17(25)13(3)18-11-16-22-21-15-7-5-6-10-23(15)16/h8-9,12-13,18H,4-7,10-11H2,1-3H3,(H,20,25). The van der Waals surface area contributed by atoms with E-state index in [9.17, 15) is 4.79 Å². The zero-order chi connectivity index (χ0) is 17.8. The molecule has 0 saturated heterocycles. The summed E-state index contributed by atoms with van der Waals surface area (Å²) in [7, 11) is 0. The summed E-state index contributed by atoms with van der Waals surface area (Å²) in [6.07, 6.45) is 5.99. The van der Waals surface area contributed by atoms with Gasteiger partial charge in [0, 0.05) is 19.0 Å². The summed E-state index contributed by atoms with van der Waals surface area (Å²) in [5.74, 6) is 2.60. The first kappa shape index (κ1) is 17.6. The van der Waals surface area contributed by atoms with Crippen molar-refractivity contribution in [3.63, 3.8) is 0 Å². The van der Waals surface area contributed by atoms with Gasteiger partial charge in [-0.3, -0.25) is 10.1 Å². The Morgan fingerprint density at radius 3 is 2.96 bits per heavy atom. The molecular formula is C17H27N7O. The van der Waals surface area contributed by atoms with Crippen LogP contribution in [0.1, 0.15) is 57.7 Å². The Hall–Kier alpha value is -2.22. The van der Waals surface area contributed by atoms with Crippen LogP contribution in [0.25, 0.3) is 0 Å². The Morgan fingerprint density at radius 2 is 2.16 bits per heavy atom. The molecule has 1 amide bonds. The van der Waals surface area contributed by atoms with E-state index < -0.39 is 0 Å². The van der Waals surface area contributed by atoms with Crippen molar-refractivity contribution < 1.29 is 4.79 Å². The van der Waals surface area contributed by atoms with Gasteiger partial charge in [-0.1, -0.05) is 6.92 Å². The number of amides is 1. The molecule has 0 saturated carbocycles. The van der Waals surface area contributed by atoms with E-state index in [2.05, 4.69) is 44.3 Å². The number of nitrogens with one attached hydrogen (secondary N) is 2. The minimum Gasteiger partial charge on any atom is -0.314 e. The monoisotopic (exact) mass is 345 g/mol. The van der Waals surface area contributed by atoms with E-state index in [4.69, 9.17) is 0 Å². The minimum absolute atomic E-state index is 0.0802. The fraction of sp³-hybridized carbons (Fsp3) is 0.647. The normalized spacial score (nSPS) is 16.3. The molecule has 0 aromatic carbocycles. The first-order valence-corrected chi connectivity index (χ1v) is 9.08. The van der Waals surface area contributed by atoms with E-state index in [0.717, 1.165) is 43.3 Å². The first-order valence-electron chi connectivity index (χ1n) is 9.08. The fourth-order valence-corrected chi connectivity index (χ4v) is 3.01. The van der Waals surface area contributed by atoms with E-state index in [-0.39, 0.29) is 18.0 Å². The molecule has 0 bridgehead atoms. The highest BCUT2D eigenvalue weighted by Gasteiger charge is 2.19. The number of rotatable bonds is 7. The van der Waals surface area contributed by atoms with E-state index in [1.54, 1.807) is 6.20 Å². The topological polar surface area (TPSA) is 89.7 Å². The molecule has 25 heavy (non-hydrogen) atoms. The van der Waals surface area contributed by atoms with Crippen molar-refractivity contribution in [2.24, 2.45) is 0 Å². The number of anilines is 1. The van der Waals surface area contributed by atoms with Gasteiger partial charge in [-0.25, -0.2) is 4.68 Å². The van der Waals surface area contributed by atoms with Crippen LogP contribution in [-0.2, 0) is 24.3 Å². The van der Waals surface area contributed by atoms with Gasteiger partial charge in [0.1, 0.15) is 17.5 Å². The number of hydrogen-bond donors (Lipinski definition) is 2. The average molecular weight is 345 g/mol. The highest BCUT2D eigenvalue weighted by Crippen LogP contribution is 2.17. The Balaban J connectivity index is 1.56. The van der Waals surface area contributed by atoms with Crippen LogP contribution in [-0.4, -0.2) is 36.5 Å². The molecule has 0 aliphatic carbocycles. The second-order valence-corrected chi connectivity index (χ2v) is 6.65. The lowest BCUT2D eigenvalue weighted by Crippen LogP contribution is -2.38. The predicted molar refractivity (Wildman–Crippen MR) is 95.1 cm³/mol. The maximum atomic E-state index is 12.5. The van der Waals surface area contributed by atoms with Crippen molar-refractivity contribution in [2.45, 2.75) is 71.6 Å². The molecule has 2 aromatic heterocycles. The number of carbonyl (C=O) groups is 1. The molecule has 3 rings (SSSR count). The molecule has 0 radical (unpaired) electrons. The Morgan fingerprint density at radius 1 is 1.32 bits per heavy atom. The van der Waals surface area contributed by atoms with E-state index in [0.29, 0.717) is 6.54 Å². The third kappa shape index (κ3) is 3.89. The lowest BCUT2D eigenvalue weighted by atomic mass is 10.1. The number of hydrogen-bond acceptors (Lipinski definition) is 5. The van der Waals surface area contributed by atoms with Crippen LogP contribution in [0.2, 0.25) is 0 Å². The van der Waals surface area contributed by atoms with Crippen LogP contribution in [0.15, 0.2) is 12.3 Å². The second kappa shape index (κ2) is 7.77. The smallest absolute Gasteiger partial charge is 0.242 e. The number of carbonyl (C=O) groups excluding carboxylic acids is 1. The molecule has 2 unspecified atom stereocenters. The van der Waals surface area contributed by atoms with Crippen LogP contribution < -0.4 is 10.6 Å². The minimum atomic E-state index is -0.336. The molecule has 8 heteroatoms. The van der Waals surface area contributed by atoms with Gasteiger partial charge >= 0.3 is 0 Å². The summed E-state index contributed by atoms with van der Waals surface area (Å²) in [5, 5.41) is 19.0. The SMILES string of the molecule is CCC(C)n1nccc1NC(=O)C(C)NCc1nnc2n1CCCC2. The summed E-state index contributed by atoms with van der Waals surface area (Å²) >= 11 is 0. The quantitative estimate of drug-likeness (QED) is 0.800. The molecule has 2 N–H and O–H groups in total. The zero-order valence-electron chi connectivity index (χ0n) is 15.2. The molecule has 2 atom stereocenters. The van der Waals surface area contributed by atoms with E-state index in [1.807, 2.05) is 17.7 Å². The largest absolute Gasteiger partial charge is 0.314 e. The molecular weight excluding hydrogens is 318 g/mol. The van der Waals surface area contributed by atoms with Crippen LogP contribution in [0.3, 0.4) is 0 Å². The van der Waals surface area contributed by atoms with Crippen molar-refractivity contribution in [3.8, 4) is 0 Å². The summed E-state index contributed by atoms with van der Waals surface area (Å²) in [6, 6.07) is 1.74. The van der Waals surface area contributed by atoms with Gasteiger partial charge in [-0.05, 0) is 33.1 Å². The summed E-state index contributed by atoms with van der Waals surface area (Å²) in [5.41, 5.74) is 0. The summed E-state index contributed by atoms with van der Waals surface area (Å²) in [6.45, 7) is 7.53. The number of aromatic nitrogens is 5. The predicted octanol–water partition coefficient (Wildman–Crippen LogP) is 1.90. The van der Waals surface area contributed by atoms with Crippen LogP contribution in [0, 0.1) is 0 Å². The van der Waals surface area contributed by atoms with Crippen molar-refractivity contribution in [2.75, 3.05) is 5.32 Å². The van der Waals surface area contributed by atoms with Gasteiger partial charge in [0.15, 0.2) is 0 Å². The van der Waals surface area contributed by atoms with Gasteiger partial charge in [0.2, 0.25) is 5.91 Å². The van der Waals surface area contributed by atoms with Crippen molar-refractivity contribution in [1.29, 1.82) is 0 Å². The van der Waals surface area contributed by atoms with Crippen LogP contribution in [0.5, 0.6) is 0 Å². The molecule has 0 fully saturated rings. The van der Waals surface area contributed by atoms with Crippen LogP contribution in [0.4, 0.5) is 5.82 Å². The average Bonchev–Trinajstić information content (AvgIpc) is 3.25. The third-order valence-electron chi connectivity index (χ3n) is 4.83. The highest BCUT2D eigenvalue weighted by molar-refractivity contribution is 5.93. The van der Waals surface area contributed by atoms with Crippen molar-refractivity contribution >= 4 is 11.7 Å². The van der Waals surface area contributed by atoms with E-state index >= 15 is 0 Å². The first-order chi connectivity index (χ1) is 12.1. The number of fused-ring (bicyclic) bond motifs is 1. The molecule has 136 valence electrons. The van der Waals surface area contributed by atoms with Gasteiger partial charge in [-0.15, -0.1) is 10.2 Å². The lowest BCUT2D eigenvalue weighted by molar-refractivity contribution is -0.117. The highest BCUT2D eigenvalue weighted by atomic mass is 16.2. The lowest BCUT2D eigenvalue weighted by Gasteiger charge is -2.18. The Labute approximate surface area is 148 Å². The molecule has 2 aromatic rings. The fourth-order valence-electron chi connectivity index (χ4n) is 3.01. The van der Waals surface area contributed by atoms with E-state index in [1.165, 1.54) is 6.42 Å².